The van der Waals surface area contributed by atoms with Crippen LogP contribution >= 0.6 is 0 Å². The van der Waals surface area contributed by atoms with Crippen molar-refractivity contribution in [2.45, 2.75) is 51.0 Å². The van der Waals surface area contributed by atoms with Gasteiger partial charge in [-0.15, -0.1) is 0 Å². The lowest BCUT2D eigenvalue weighted by Crippen LogP contribution is -2.22. The molecule has 0 radical (unpaired) electrons. The molecule has 0 unspecified atom stereocenters. The summed E-state index contributed by atoms with van der Waals surface area (Å²) >= 11 is 0. The second kappa shape index (κ2) is 2.98. The summed E-state index contributed by atoms with van der Waals surface area (Å²) < 4.78 is 0. The van der Waals surface area contributed by atoms with Gasteiger partial charge >= 0.3 is 0 Å². The maximum absolute atomic E-state index is 9.11. The highest BCUT2D eigenvalue weighted by Gasteiger charge is 2.23. The molecule has 0 saturated heterocycles. The van der Waals surface area contributed by atoms with E-state index in [0.29, 0.717) is 0 Å². The third-order valence-electron chi connectivity index (χ3n) is 2.92. The molecule has 0 heterocycles. The lowest BCUT2D eigenvalue weighted by atomic mass is 9.80. The second-order valence-electron chi connectivity index (χ2n) is 3.83. The average Bonchev–Trinajstić information content (AvgIpc) is 2.01. The largest absolute Gasteiger partial charge is 0.392 e. The molecular weight excluding hydrogens is 136 g/mol. The van der Waals surface area contributed by atoms with Crippen molar-refractivity contribution >= 4 is 0 Å². The molecular formula is C10H16O. The third kappa shape index (κ3) is 1.48. The van der Waals surface area contributed by atoms with Gasteiger partial charge in [0.05, 0.1) is 6.10 Å². The van der Waals surface area contributed by atoms with E-state index in [1.165, 1.54) is 32.1 Å². The van der Waals surface area contributed by atoms with E-state index in [0.717, 1.165) is 12.8 Å². The van der Waals surface area contributed by atoms with Crippen LogP contribution in [0.2, 0.25) is 0 Å². The van der Waals surface area contributed by atoms with Crippen LogP contribution in [0.25, 0.3) is 0 Å². The van der Waals surface area contributed by atoms with Crippen LogP contribution in [0.3, 0.4) is 0 Å². The number of hydrogen-bond donors (Lipinski definition) is 1. The maximum atomic E-state index is 9.11. The highest BCUT2D eigenvalue weighted by Crippen LogP contribution is 2.35. The summed E-state index contributed by atoms with van der Waals surface area (Å²) in [5, 5.41) is 9.11. The number of hydrogen-bond acceptors (Lipinski definition) is 1. The standard InChI is InChI=1S/C10H16O/c11-10-6-9(7-10)8-4-2-1-3-5-8/h10-11H,1-7H2. The van der Waals surface area contributed by atoms with Crippen molar-refractivity contribution in [2.24, 2.45) is 0 Å². The molecule has 2 rings (SSSR count). The molecule has 2 aliphatic rings. The Bertz CT molecular complexity index is 165. The Morgan fingerprint density at radius 2 is 1.55 bits per heavy atom. The van der Waals surface area contributed by atoms with Gasteiger partial charge in [0.2, 0.25) is 0 Å². The third-order valence-corrected chi connectivity index (χ3v) is 2.92. The fourth-order valence-electron chi connectivity index (χ4n) is 2.13. The summed E-state index contributed by atoms with van der Waals surface area (Å²) in [6, 6.07) is 0. The average molecular weight is 152 g/mol. The Labute approximate surface area is 68.1 Å². The van der Waals surface area contributed by atoms with Gasteiger partial charge in [-0.1, -0.05) is 17.6 Å². The van der Waals surface area contributed by atoms with Crippen LogP contribution in [0.15, 0.2) is 11.1 Å². The first-order valence-corrected chi connectivity index (χ1v) is 4.74. The van der Waals surface area contributed by atoms with Gasteiger partial charge in [0.15, 0.2) is 0 Å². The summed E-state index contributed by atoms with van der Waals surface area (Å²) in [6.45, 7) is 0. The first-order valence-electron chi connectivity index (χ1n) is 4.74. The lowest BCUT2D eigenvalue weighted by Gasteiger charge is -2.29. The predicted octanol–water partition coefficient (Wildman–Crippen LogP) is 2.40. The molecule has 0 spiro atoms. The molecule has 0 atom stereocenters. The van der Waals surface area contributed by atoms with Gasteiger partial charge in [-0.2, -0.15) is 0 Å². The van der Waals surface area contributed by atoms with Crippen LogP contribution in [0.4, 0.5) is 0 Å². The molecule has 2 aliphatic carbocycles. The first kappa shape index (κ1) is 7.35. The minimum absolute atomic E-state index is 0.000531. The van der Waals surface area contributed by atoms with Gasteiger partial charge in [0, 0.05) is 0 Å². The molecule has 0 amide bonds. The summed E-state index contributed by atoms with van der Waals surface area (Å²) in [6.07, 6.45) is 8.79. The number of rotatable bonds is 0. The summed E-state index contributed by atoms with van der Waals surface area (Å²) in [5.41, 5.74) is 3.26. The molecule has 2 saturated carbocycles. The lowest BCUT2D eigenvalue weighted by molar-refractivity contribution is 0.134. The van der Waals surface area contributed by atoms with Crippen molar-refractivity contribution in [3.05, 3.63) is 11.1 Å². The van der Waals surface area contributed by atoms with E-state index in [-0.39, 0.29) is 6.10 Å². The summed E-state index contributed by atoms with van der Waals surface area (Å²) in [4.78, 5) is 0. The molecule has 0 aliphatic heterocycles. The maximum Gasteiger partial charge on any atom is 0.0614 e. The minimum Gasteiger partial charge on any atom is -0.392 e. The van der Waals surface area contributed by atoms with E-state index in [1.807, 2.05) is 0 Å². The fraction of sp³-hybridized carbons (Fsp3) is 0.800. The monoisotopic (exact) mass is 152 g/mol. The van der Waals surface area contributed by atoms with Crippen LogP contribution in [-0.2, 0) is 0 Å². The molecule has 1 N–H and O–H groups in total. The van der Waals surface area contributed by atoms with Crippen molar-refractivity contribution in [2.75, 3.05) is 0 Å². The van der Waals surface area contributed by atoms with Crippen LogP contribution in [0.5, 0.6) is 0 Å². The Hall–Kier alpha value is -0.300. The van der Waals surface area contributed by atoms with Gasteiger partial charge in [-0.25, -0.2) is 0 Å². The van der Waals surface area contributed by atoms with Gasteiger partial charge in [0.25, 0.3) is 0 Å². The van der Waals surface area contributed by atoms with E-state index in [9.17, 15) is 0 Å². The van der Waals surface area contributed by atoms with E-state index in [2.05, 4.69) is 0 Å². The van der Waals surface area contributed by atoms with Crippen LogP contribution in [0.1, 0.15) is 44.9 Å². The van der Waals surface area contributed by atoms with Gasteiger partial charge < -0.3 is 5.11 Å². The van der Waals surface area contributed by atoms with Gasteiger partial charge in [-0.3, -0.25) is 0 Å². The molecule has 0 aromatic heterocycles. The zero-order valence-electron chi connectivity index (χ0n) is 6.97. The Morgan fingerprint density at radius 3 is 2.09 bits per heavy atom. The van der Waals surface area contributed by atoms with Crippen molar-refractivity contribution in [1.29, 1.82) is 0 Å². The van der Waals surface area contributed by atoms with Crippen LogP contribution in [-0.4, -0.2) is 11.2 Å². The van der Waals surface area contributed by atoms with Crippen molar-refractivity contribution in [1.82, 2.24) is 0 Å². The smallest absolute Gasteiger partial charge is 0.0614 e. The van der Waals surface area contributed by atoms with Crippen molar-refractivity contribution in [3.63, 3.8) is 0 Å². The minimum atomic E-state index is -0.000531. The number of allylic oxidation sites excluding steroid dienone is 1. The Morgan fingerprint density at radius 1 is 0.909 bits per heavy atom. The molecule has 1 heteroatoms. The fourth-order valence-corrected chi connectivity index (χ4v) is 2.13. The molecule has 0 aromatic carbocycles. The summed E-state index contributed by atoms with van der Waals surface area (Å²) in [5.74, 6) is 0. The molecule has 1 nitrogen and oxygen atoms in total. The number of aliphatic hydroxyl groups is 1. The summed E-state index contributed by atoms with van der Waals surface area (Å²) in [7, 11) is 0. The highest BCUT2D eigenvalue weighted by atomic mass is 16.3. The predicted molar refractivity (Wildman–Crippen MR) is 45.4 cm³/mol. The Balaban J connectivity index is 1.96. The molecule has 62 valence electrons. The van der Waals surface area contributed by atoms with Crippen molar-refractivity contribution < 1.29 is 5.11 Å². The van der Waals surface area contributed by atoms with Crippen LogP contribution < -0.4 is 0 Å². The second-order valence-corrected chi connectivity index (χ2v) is 3.83. The molecule has 0 aromatic rings. The highest BCUT2D eigenvalue weighted by molar-refractivity contribution is 5.23. The normalized spacial score (nSPS) is 31.9. The SMILES string of the molecule is OC1CC(=C2CCCCC2)C1. The molecule has 2 fully saturated rings. The van der Waals surface area contributed by atoms with Gasteiger partial charge in [0.1, 0.15) is 0 Å². The molecule has 11 heavy (non-hydrogen) atoms. The van der Waals surface area contributed by atoms with E-state index in [1.54, 1.807) is 11.1 Å². The topological polar surface area (TPSA) is 20.2 Å². The Kier molecular flexibility index (Phi) is 1.99. The van der Waals surface area contributed by atoms with Crippen molar-refractivity contribution in [3.8, 4) is 0 Å². The van der Waals surface area contributed by atoms with E-state index >= 15 is 0 Å². The first-order chi connectivity index (χ1) is 5.36. The van der Waals surface area contributed by atoms with Crippen LogP contribution in [0, 0.1) is 0 Å². The quantitative estimate of drug-likeness (QED) is 0.528. The zero-order chi connectivity index (χ0) is 7.68. The molecule has 0 bridgehead atoms. The number of aliphatic hydroxyl groups excluding tert-OH is 1. The zero-order valence-corrected chi connectivity index (χ0v) is 6.97. The van der Waals surface area contributed by atoms with E-state index in [4.69, 9.17) is 5.11 Å². The van der Waals surface area contributed by atoms with E-state index < -0.39 is 0 Å². The van der Waals surface area contributed by atoms with Gasteiger partial charge in [-0.05, 0) is 38.5 Å².